The summed E-state index contributed by atoms with van der Waals surface area (Å²) in [7, 11) is 4.05. The quantitative estimate of drug-likeness (QED) is 0.663. The van der Waals surface area contributed by atoms with Gasteiger partial charge in [-0.25, -0.2) is 0 Å². The second kappa shape index (κ2) is 6.86. The van der Waals surface area contributed by atoms with Gasteiger partial charge in [-0.2, -0.15) is 0 Å². The average molecular weight is 229 g/mol. The molecule has 1 unspecified atom stereocenters. The van der Waals surface area contributed by atoms with Gasteiger partial charge >= 0.3 is 0 Å². The van der Waals surface area contributed by atoms with E-state index in [2.05, 4.69) is 31.0 Å². The van der Waals surface area contributed by atoms with Crippen LogP contribution in [0.1, 0.15) is 33.6 Å². The molecule has 4 heteroatoms. The van der Waals surface area contributed by atoms with E-state index in [-0.39, 0.29) is 17.4 Å². The standard InChI is InChI=1S/C12H27N3O/c1-12(2,3)10(13)9-11(16)14-7-6-8-15(4)5/h10H,6-9,13H2,1-5H3,(H,14,16). The van der Waals surface area contributed by atoms with Crippen molar-refractivity contribution >= 4 is 5.91 Å². The zero-order valence-corrected chi connectivity index (χ0v) is 11.3. The van der Waals surface area contributed by atoms with E-state index >= 15 is 0 Å². The average Bonchev–Trinajstić information content (AvgIpc) is 2.10. The summed E-state index contributed by atoms with van der Waals surface area (Å²) < 4.78 is 0. The third-order valence-corrected chi connectivity index (χ3v) is 2.62. The molecule has 0 aliphatic rings. The van der Waals surface area contributed by atoms with E-state index in [4.69, 9.17) is 5.73 Å². The smallest absolute Gasteiger partial charge is 0.221 e. The van der Waals surface area contributed by atoms with E-state index in [1.807, 2.05) is 14.1 Å². The minimum Gasteiger partial charge on any atom is -0.356 e. The lowest BCUT2D eigenvalue weighted by Gasteiger charge is -2.26. The lowest BCUT2D eigenvalue weighted by Crippen LogP contribution is -2.40. The Bertz CT molecular complexity index is 209. The van der Waals surface area contributed by atoms with E-state index in [1.165, 1.54) is 0 Å². The van der Waals surface area contributed by atoms with Crippen LogP contribution < -0.4 is 11.1 Å². The predicted octanol–water partition coefficient (Wildman–Crippen LogP) is 0.818. The van der Waals surface area contributed by atoms with Gasteiger partial charge in [-0.1, -0.05) is 20.8 Å². The molecule has 96 valence electrons. The van der Waals surface area contributed by atoms with Crippen LogP contribution in [-0.4, -0.2) is 44.0 Å². The van der Waals surface area contributed by atoms with Crippen molar-refractivity contribution in [3.63, 3.8) is 0 Å². The van der Waals surface area contributed by atoms with Crippen molar-refractivity contribution in [1.82, 2.24) is 10.2 Å². The van der Waals surface area contributed by atoms with E-state index in [9.17, 15) is 4.79 Å². The number of nitrogens with one attached hydrogen (secondary N) is 1. The van der Waals surface area contributed by atoms with Crippen molar-refractivity contribution in [2.75, 3.05) is 27.2 Å². The van der Waals surface area contributed by atoms with Crippen LogP contribution in [0.15, 0.2) is 0 Å². The fraction of sp³-hybridized carbons (Fsp3) is 0.917. The Kier molecular flexibility index (Phi) is 6.60. The number of nitrogens with two attached hydrogens (primary N) is 1. The minimum atomic E-state index is -0.0821. The Labute approximate surface area is 99.6 Å². The number of rotatable bonds is 6. The fourth-order valence-electron chi connectivity index (χ4n) is 1.20. The molecular formula is C12H27N3O. The molecule has 16 heavy (non-hydrogen) atoms. The number of hydrogen-bond donors (Lipinski definition) is 2. The Morgan fingerprint density at radius 1 is 1.38 bits per heavy atom. The first-order chi connectivity index (χ1) is 7.23. The molecule has 0 aliphatic heterocycles. The molecule has 1 atom stereocenters. The molecule has 0 aliphatic carbocycles. The van der Waals surface area contributed by atoms with Crippen molar-refractivity contribution in [1.29, 1.82) is 0 Å². The molecule has 0 bridgehead atoms. The first kappa shape index (κ1) is 15.4. The van der Waals surface area contributed by atoms with Gasteiger partial charge in [-0.05, 0) is 32.5 Å². The molecular weight excluding hydrogens is 202 g/mol. The maximum atomic E-state index is 11.5. The number of amides is 1. The normalized spacial score (nSPS) is 13.9. The molecule has 3 N–H and O–H groups in total. The zero-order valence-electron chi connectivity index (χ0n) is 11.3. The van der Waals surface area contributed by atoms with Crippen molar-refractivity contribution in [2.24, 2.45) is 11.1 Å². The Hall–Kier alpha value is -0.610. The van der Waals surface area contributed by atoms with Crippen LogP contribution >= 0.6 is 0 Å². The summed E-state index contributed by atoms with van der Waals surface area (Å²) in [4.78, 5) is 13.6. The van der Waals surface area contributed by atoms with Gasteiger partial charge in [0, 0.05) is 19.0 Å². The van der Waals surface area contributed by atoms with Gasteiger partial charge in [-0.3, -0.25) is 4.79 Å². The van der Waals surface area contributed by atoms with Crippen LogP contribution in [0.4, 0.5) is 0 Å². The second-order valence-electron chi connectivity index (χ2n) is 5.68. The Balaban J connectivity index is 3.67. The molecule has 0 saturated carbocycles. The third kappa shape index (κ3) is 7.65. The largest absolute Gasteiger partial charge is 0.356 e. The summed E-state index contributed by atoms with van der Waals surface area (Å²) in [5.41, 5.74) is 5.92. The minimum absolute atomic E-state index is 0.0129. The number of nitrogens with zero attached hydrogens (tertiary/aromatic N) is 1. The molecule has 4 nitrogen and oxygen atoms in total. The lowest BCUT2D eigenvalue weighted by molar-refractivity contribution is -0.121. The molecule has 0 radical (unpaired) electrons. The summed E-state index contributed by atoms with van der Waals surface area (Å²) in [6.45, 7) is 7.88. The first-order valence-corrected chi connectivity index (χ1v) is 5.90. The van der Waals surface area contributed by atoms with Crippen LogP contribution in [0.3, 0.4) is 0 Å². The molecule has 0 aromatic rings. The highest BCUT2D eigenvalue weighted by molar-refractivity contribution is 5.76. The lowest BCUT2D eigenvalue weighted by atomic mass is 9.85. The van der Waals surface area contributed by atoms with E-state index < -0.39 is 0 Å². The highest BCUT2D eigenvalue weighted by Gasteiger charge is 2.22. The Morgan fingerprint density at radius 3 is 2.38 bits per heavy atom. The van der Waals surface area contributed by atoms with E-state index in [0.29, 0.717) is 6.42 Å². The highest BCUT2D eigenvalue weighted by atomic mass is 16.1. The van der Waals surface area contributed by atoms with Crippen LogP contribution in [-0.2, 0) is 4.79 Å². The molecule has 1 amide bonds. The van der Waals surface area contributed by atoms with Crippen molar-refractivity contribution in [3.8, 4) is 0 Å². The molecule has 0 rings (SSSR count). The summed E-state index contributed by atoms with van der Waals surface area (Å²) in [6.07, 6.45) is 1.38. The van der Waals surface area contributed by atoms with Crippen LogP contribution in [0, 0.1) is 5.41 Å². The summed E-state index contributed by atoms with van der Waals surface area (Å²) in [5.74, 6) is 0.0566. The van der Waals surface area contributed by atoms with Crippen LogP contribution in [0.2, 0.25) is 0 Å². The maximum absolute atomic E-state index is 11.5. The van der Waals surface area contributed by atoms with Gasteiger partial charge in [0.05, 0.1) is 0 Å². The van der Waals surface area contributed by atoms with E-state index in [1.54, 1.807) is 0 Å². The SMILES string of the molecule is CN(C)CCCNC(=O)CC(N)C(C)(C)C. The van der Waals surface area contributed by atoms with Gasteiger partial charge in [0.1, 0.15) is 0 Å². The highest BCUT2D eigenvalue weighted by Crippen LogP contribution is 2.19. The molecule has 0 fully saturated rings. The molecule has 0 heterocycles. The molecule has 0 spiro atoms. The van der Waals surface area contributed by atoms with Gasteiger partial charge in [-0.15, -0.1) is 0 Å². The third-order valence-electron chi connectivity index (χ3n) is 2.62. The monoisotopic (exact) mass is 229 g/mol. The molecule has 0 saturated heterocycles. The topological polar surface area (TPSA) is 58.4 Å². The summed E-state index contributed by atoms with van der Waals surface area (Å²) >= 11 is 0. The number of carbonyl (C=O) groups excluding carboxylic acids is 1. The number of carbonyl (C=O) groups is 1. The fourth-order valence-corrected chi connectivity index (χ4v) is 1.20. The van der Waals surface area contributed by atoms with Crippen molar-refractivity contribution in [3.05, 3.63) is 0 Å². The summed E-state index contributed by atoms with van der Waals surface area (Å²) in [6, 6.07) is -0.0821. The Morgan fingerprint density at radius 2 is 1.94 bits per heavy atom. The number of hydrogen-bond acceptors (Lipinski definition) is 3. The maximum Gasteiger partial charge on any atom is 0.221 e. The molecule has 0 aromatic carbocycles. The van der Waals surface area contributed by atoms with Gasteiger partial charge in [0.25, 0.3) is 0 Å². The van der Waals surface area contributed by atoms with Crippen molar-refractivity contribution in [2.45, 2.75) is 39.7 Å². The van der Waals surface area contributed by atoms with E-state index in [0.717, 1.165) is 19.5 Å². The summed E-state index contributed by atoms with van der Waals surface area (Å²) in [5, 5.41) is 2.90. The predicted molar refractivity (Wildman–Crippen MR) is 68.2 cm³/mol. The zero-order chi connectivity index (χ0) is 12.8. The van der Waals surface area contributed by atoms with Gasteiger partial charge < -0.3 is 16.0 Å². The van der Waals surface area contributed by atoms with Gasteiger partial charge in [0.15, 0.2) is 0 Å². The van der Waals surface area contributed by atoms with Crippen molar-refractivity contribution < 1.29 is 4.79 Å². The molecule has 0 aromatic heterocycles. The van der Waals surface area contributed by atoms with Gasteiger partial charge in [0.2, 0.25) is 5.91 Å². The van der Waals surface area contributed by atoms with Crippen LogP contribution in [0.5, 0.6) is 0 Å². The first-order valence-electron chi connectivity index (χ1n) is 5.90. The second-order valence-corrected chi connectivity index (χ2v) is 5.68. The van der Waals surface area contributed by atoms with Crippen LogP contribution in [0.25, 0.3) is 0 Å².